The predicted octanol–water partition coefficient (Wildman–Crippen LogP) is 2.40. The van der Waals surface area contributed by atoms with Crippen molar-refractivity contribution in [3.63, 3.8) is 0 Å². The Balaban J connectivity index is 0.00000400. The van der Waals surface area contributed by atoms with Crippen LogP contribution in [0.4, 0.5) is 13.2 Å². The van der Waals surface area contributed by atoms with Crippen molar-refractivity contribution in [2.24, 2.45) is 5.73 Å². The van der Waals surface area contributed by atoms with Gasteiger partial charge in [0.1, 0.15) is 5.75 Å². The standard InChI is InChI=1S/C10H12BrF3N2O3S.ClH/c1-6(5-15)16-20(17,18)9-3-2-7(4-8(9)11)19-10(12,13)14;/h2-4,6,16H,5,15H2,1H3;1H/t6-;/m0./s1. The lowest BCUT2D eigenvalue weighted by molar-refractivity contribution is -0.274. The molecule has 122 valence electrons. The highest BCUT2D eigenvalue weighted by atomic mass is 79.9. The van der Waals surface area contributed by atoms with Crippen LogP contribution in [0.3, 0.4) is 0 Å². The fraction of sp³-hybridized carbons (Fsp3) is 0.400. The molecule has 0 amide bonds. The molecule has 0 unspecified atom stereocenters. The van der Waals surface area contributed by atoms with Gasteiger partial charge in [0.15, 0.2) is 0 Å². The normalized spacial score (nSPS) is 13.4. The fourth-order valence-electron chi connectivity index (χ4n) is 1.27. The molecule has 0 aromatic heterocycles. The molecule has 0 aliphatic carbocycles. The average Bonchev–Trinajstić information content (AvgIpc) is 2.25. The highest BCUT2D eigenvalue weighted by Gasteiger charge is 2.31. The summed E-state index contributed by atoms with van der Waals surface area (Å²) in [5, 5.41) is 0. The minimum atomic E-state index is -4.84. The second kappa shape index (κ2) is 7.63. The molecule has 0 heterocycles. The smallest absolute Gasteiger partial charge is 0.406 e. The van der Waals surface area contributed by atoms with Crippen molar-refractivity contribution in [2.75, 3.05) is 6.54 Å². The zero-order valence-electron chi connectivity index (χ0n) is 10.6. The fourth-order valence-corrected chi connectivity index (χ4v) is 3.59. The Morgan fingerprint density at radius 1 is 1.43 bits per heavy atom. The number of nitrogens with one attached hydrogen (secondary N) is 1. The highest BCUT2D eigenvalue weighted by molar-refractivity contribution is 9.10. The summed E-state index contributed by atoms with van der Waals surface area (Å²) >= 11 is 2.90. The molecule has 1 atom stereocenters. The van der Waals surface area contributed by atoms with Gasteiger partial charge < -0.3 is 10.5 Å². The van der Waals surface area contributed by atoms with Crippen molar-refractivity contribution < 1.29 is 26.3 Å². The quantitative estimate of drug-likeness (QED) is 0.777. The van der Waals surface area contributed by atoms with Crippen molar-refractivity contribution in [3.8, 4) is 5.75 Å². The van der Waals surface area contributed by atoms with Crippen LogP contribution in [0.2, 0.25) is 0 Å². The molecule has 1 rings (SSSR count). The zero-order chi connectivity index (χ0) is 15.6. The van der Waals surface area contributed by atoms with E-state index in [9.17, 15) is 21.6 Å². The molecule has 1 aromatic rings. The van der Waals surface area contributed by atoms with Gasteiger partial charge in [-0.15, -0.1) is 25.6 Å². The maximum Gasteiger partial charge on any atom is 0.573 e. The molecule has 0 aliphatic heterocycles. The first-order chi connectivity index (χ1) is 9.05. The summed E-state index contributed by atoms with van der Waals surface area (Å²) in [6, 6.07) is 2.35. The third-order valence-corrected chi connectivity index (χ3v) is 4.70. The Bertz CT molecular complexity index is 583. The third-order valence-electron chi connectivity index (χ3n) is 2.14. The van der Waals surface area contributed by atoms with Crippen molar-refractivity contribution in [2.45, 2.75) is 24.2 Å². The van der Waals surface area contributed by atoms with Crippen LogP contribution in [-0.2, 0) is 10.0 Å². The Morgan fingerprint density at radius 2 is 2.00 bits per heavy atom. The molecule has 11 heteroatoms. The molecule has 21 heavy (non-hydrogen) atoms. The van der Waals surface area contributed by atoms with Crippen LogP contribution in [0.5, 0.6) is 5.75 Å². The molecular formula is C10H13BrClF3N2O3S. The van der Waals surface area contributed by atoms with E-state index >= 15 is 0 Å². The van der Waals surface area contributed by atoms with E-state index in [4.69, 9.17) is 5.73 Å². The lowest BCUT2D eigenvalue weighted by Crippen LogP contribution is -2.37. The van der Waals surface area contributed by atoms with E-state index in [0.29, 0.717) is 0 Å². The van der Waals surface area contributed by atoms with Crippen LogP contribution in [0.25, 0.3) is 0 Å². The number of halogens is 5. The predicted molar refractivity (Wildman–Crippen MR) is 76.9 cm³/mol. The summed E-state index contributed by atoms with van der Waals surface area (Å²) in [5.41, 5.74) is 5.31. The van der Waals surface area contributed by atoms with Crippen molar-refractivity contribution in [3.05, 3.63) is 22.7 Å². The molecule has 1 aromatic carbocycles. The molecule has 0 fully saturated rings. The van der Waals surface area contributed by atoms with Gasteiger partial charge in [0, 0.05) is 17.1 Å². The number of rotatable bonds is 5. The maximum absolute atomic E-state index is 12.0. The van der Waals surface area contributed by atoms with E-state index in [1.165, 1.54) is 0 Å². The first-order valence-corrected chi connectivity index (χ1v) is 7.60. The molecule has 0 radical (unpaired) electrons. The minimum Gasteiger partial charge on any atom is -0.406 e. The number of hydrogen-bond acceptors (Lipinski definition) is 4. The largest absolute Gasteiger partial charge is 0.573 e. The summed E-state index contributed by atoms with van der Waals surface area (Å²) in [6.07, 6.45) is -4.84. The molecule has 0 saturated carbocycles. The van der Waals surface area contributed by atoms with E-state index in [1.807, 2.05) is 0 Å². The maximum atomic E-state index is 12.0. The van der Waals surface area contributed by atoms with Crippen LogP contribution in [-0.4, -0.2) is 27.4 Å². The second-order valence-electron chi connectivity index (χ2n) is 3.90. The van der Waals surface area contributed by atoms with E-state index in [0.717, 1.165) is 18.2 Å². The van der Waals surface area contributed by atoms with Crippen molar-refractivity contribution >= 4 is 38.4 Å². The molecule has 0 saturated heterocycles. The van der Waals surface area contributed by atoms with Gasteiger partial charge >= 0.3 is 6.36 Å². The van der Waals surface area contributed by atoms with Gasteiger partial charge in [-0.2, -0.15) is 0 Å². The van der Waals surface area contributed by atoms with E-state index in [-0.39, 0.29) is 28.3 Å². The van der Waals surface area contributed by atoms with Crippen molar-refractivity contribution in [1.29, 1.82) is 0 Å². The monoisotopic (exact) mass is 412 g/mol. The van der Waals surface area contributed by atoms with Crippen LogP contribution in [0.15, 0.2) is 27.6 Å². The molecule has 0 aliphatic rings. The summed E-state index contributed by atoms with van der Waals surface area (Å²) in [6.45, 7) is 1.65. The molecule has 3 N–H and O–H groups in total. The van der Waals surface area contributed by atoms with Gasteiger partial charge in [0.05, 0.1) is 4.90 Å². The summed E-state index contributed by atoms with van der Waals surface area (Å²) < 4.78 is 66.0. The SMILES string of the molecule is C[C@@H](CN)NS(=O)(=O)c1ccc(OC(F)(F)F)cc1Br.Cl. The first-order valence-electron chi connectivity index (χ1n) is 5.33. The number of ether oxygens (including phenoxy) is 1. The topological polar surface area (TPSA) is 81.4 Å². The lowest BCUT2D eigenvalue weighted by Gasteiger charge is -2.14. The van der Waals surface area contributed by atoms with E-state index in [1.54, 1.807) is 6.92 Å². The lowest BCUT2D eigenvalue weighted by atomic mass is 10.3. The Hall–Kier alpha value is -0.550. The van der Waals surface area contributed by atoms with Gasteiger partial charge in [0.25, 0.3) is 0 Å². The Morgan fingerprint density at radius 3 is 2.43 bits per heavy atom. The van der Waals surface area contributed by atoms with Gasteiger partial charge in [-0.05, 0) is 41.1 Å². The van der Waals surface area contributed by atoms with Gasteiger partial charge in [-0.3, -0.25) is 0 Å². The Labute approximate surface area is 134 Å². The van der Waals surface area contributed by atoms with Gasteiger partial charge in [-0.25, -0.2) is 13.1 Å². The van der Waals surface area contributed by atoms with Gasteiger partial charge in [0.2, 0.25) is 10.0 Å². The highest BCUT2D eigenvalue weighted by Crippen LogP contribution is 2.30. The van der Waals surface area contributed by atoms with Crippen molar-refractivity contribution in [1.82, 2.24) is 4.72 Å². The number of nitrogens with two attached hydrogens (primary N) is 1. The second-order valence-corrected chi connectivity index (χ2v) is 6.43. The molecule has 0 bridgehead atoms. The minimum absolute atomic E-state index is 0. The van der Waals surface area contributed by atoms with E-state index in [2.05, 4.69) is 25.4 Å². The van der Waals surface area contributed by atoms with Crippen LogP contribution < -0.4 is 15.2 Å². The average molecular weight is 414 g/mol. The van der Waals surface area contributed by atoms with Crippen LogP contribution in [0.1, 0.15) is 6.92 Å². The van der Waals surface area contributed by atoms with E-state index < -0.39 is 28.2 Å². The van der Waals surface area contributed by atoms with Crippen LogP contribution in [0, 0.1) is 0 Å². The third kappa shape index (κ3) is 6.39. The Kier molecular flexibility index (Phi) is 7.43. The number of benzene rings is 1. The number of alkyl halides is 3. The molecular weight excluding hydrogens is 401 g/mol. The molecule has 5 nitrogen and oxygen atoms in total. The summed E-state index contributed by atoms with van der Waals surface area (Å²) in [7, 11) is -3.88. The van der Waals surface area contributed by atoms with Crippen LogP contribution >= 0.6 is 28.3 Å². The first kappa shape index (κ1) is 20.5. The number of sulfonamides is 1. The molecule has 0 spiro atoms. The zero-order valence-corrected chi connectivity index (χ0v) is 13.9. The summed E-state index contributed by atoms with van der Waals surface area (Å²) in [4.78, 5) is -0.202. The number of hydrogen-bond donors (Lipinski definition) is 2. The summed E-state index contributed by atoms with van der Waals surface area (Å²) in [5.74, 6) is -0.518. The van der Waals surface area contributed by atoms with Gasteiger partial charge in [-0.1, -0.05) is 0 Å².